The van der Waals surface area contributed by atoms with E-state index in [4.69, 9.17) is 5.11 Å². The number of fused-ring (bicyclic) bond motifs is 2. The molecule has 36 heavy (non-hydrogen) atoms. The van der Waals surface area contributed by atoms with Crippen molar-refractivity contribution in [1.29, 1.82) is 0 Å². The summed E-state index contributed by atoms with van der Waals surface area (Å²) in [6.45, 7) is 0.140. The maximum absolute atomic E-state index is 8.54. The quantitative estimate of drug-likeness (QED) is 0.270. The molecule has 5 aromatic rings. The van der Waals surface area contributed by atoms with E-state index in [0.29, 0.717) is 0 Å². The van der Waals surface area contributed by atoms with Gasteiger partial charge in [0.2, 0.25) is 0 Å². The SMILES string of the molecule is OCc1ccccc1.[Cl-].[Cl-].[Ti+3].[c-]1c(C2C(c3ccccc3)=Cc3ccccc32)ccc2ccccc12. The third-order valence-electron chi connectivity index (χ3n) is 6.05. The molecular formula is C32H25Cl2OTi. The van der Waals surface area contributed by atoms with Gasteiger partial charge in [-0.1, -0.05) is 97.1 Å². The van der Waals surface area contributed by atoms with Crippen LogP contribution in [-0.4, -0.2) is 5.11 Å². The van der Waals surface area contributed by atoms with Crippen LogP contribution in [0.4, 0.5) is 0 Å². The zero-order valence-electron chi connectivity index (χ0n) is 19.6. The molecule has 1 aliphatic rings. The normalized spacial score (nSPS) is 13.0. The van der Waals surface area contributed by atoms with Crippen LogP contribution in [0.3, 0.4) is 0 Å². The molecule has 4 heteroatoms. The summed E-state index contributed by atoms with van der Waals surface area (Å²) < 4.78 is 0. The van der Waals surface area contributed by atoms with Gasteiger partial charge >= 0.3 is 21.7 Å². The Labute approximate surface area is 240 Å². The van der Waals surface area contributed by atoms with Gasteiger partial charge in [0.25, 0.3) is 0 Å². The van der Waals surface area contributed by atoms with Gasteiger partial charge in [-0.05, 0) is 33.9 Å². The van der Waals surface area contributed by atoms with Gasteiger partial charge < -0.3 is 29.9 Å². The first-order valence-electron chi connectivity index (χ1n) is 11.2. The van der Waals surface area contributed by atoms with Crippen LogP contribution in [0, 0.1) is 6.07 Å². The summed E-state index contributed by atoms with van der Waals surface area (Å²) in [7, 11) is 0. The van der Waals surface area contributed by atoms with E-state index in [2.05, 4.69) is 103 Å². The molecular weight excluding hydrogens is 519 g/mol. The molecule has 0 aliphatic heterocycles. The van der Waals surface area contributed by atoms with Crippen molar-refractivity contribution in [2.45, 2.75) is 12.5 Å². The Bertz CT molecular complexity index is 1400. The summed E-state index contributed by atoms with van der Waals surface area (Å²) >= 11 is 0. The second-order valence-electron chi connectivity index (χ2n) is 8.17. The van der Waals surface area contributed by atoms with Crippen molar-refractivity contribution in [1.82, 2.24) is 0 Å². The molecule has 1 unspecified atom stereocenters. The van der Waals surface area contributed by atoms with Gasteiger partial charge in [0, 0.05) is 5.92 Å². The fraction of sp³-hybridized carbons (Fsp3) is 0.0625. The van der Waals surface area contributed by atoms with Crippen LogP contribution in [-0.2, 0) is 28.3 Å². The minimum Gasteiger partial charge on any atom is -1.00 e. The molecule has 1 N–H and O–H groups in total. The monoisotopic (exact) mass is 543 g/mol. The zero-order chi connectivity index (χ0) is 22.5. The van der Waals surface area contributed by atoms with Crippen LogP contribution in [0.1, 0.15) is 33.7 Å². The zero-order valence-corrected chi connectivity index (χ0v) is 22.7. The van der Waals surface area contributed by atoms with Gasteiger partial charge in [0.05, 0.1) is 6.61 Å². The van der Waals surface area contributed by atoms with Crippen molar-refractivity contribution in [3.05, 3.63) is 155 Å². The Morgan fingerprint density at radius 1 is 0.639 bits per heavy atom. The summed E-state index contributed by atoms with van der Waals surface area (Å²) in [6, 6.07) is 45.5. The minimum absolute atomic E-state index is 0. The predicted octanol–water partition coefficient (Wildman–Crippen LogP) is 1.51. The van der Waals surface area contributed by atoms with Crippen LogP contribution in [0.15, 0.2) is 121 Å². The summed E-state index contributed by atoms with van der Waals surface area (Å²) in [4.78, 5) is 0. The van der Waals surface area contributed by atoms with Gasteiger partial charge in [-0.25, -0.2) is 0 Å². The first-order chi connectivity index (χ1) is 16.3. The molecule has 1 atom stereocenters. The summed E-state index contributed by atoms with van der Waals surface area (Å²) in [6.07, 6.45) is 2.33. The molecule has 0 amide bonds. The van der Waals surface area contributed by atoms with Gasteiger partial charge in [0.15, 0.2) is 0 Å². The van der Waals surface area contributed by atoms with Crippen LogP contribution in [0.2, 0.25) is 0 Å². The second-order valence-corrected chi connectivity index (χ2v) is 8.17. The fourth-order valence-corrected chi connectivity index (χ4v) is 4.42. The smallest absolute Gasteiger partial charge is 1.00 e. The van der Waals surface area contributed by atoms with E-state index in [9.17, 15) is 0 Å². The van der Waals surface area contributed by atoms with Gasteiger partial charge in [0.1, 0.15) is 0 Å². The largest absolute Gasteiger partial charge is 3.00 e. The van der Waals surface area contributed by atoms with E-state index in [1.54, 1.807) is 0 Å². The van der Waals surface area contributed by atoms with Crippen molar-refractivity contribution < 1.29 is 51.6 Å². The molecule has 5 aromatic carbocycles. The number of halogens is 2. The second kappa shape index (κ2) is 14.2. The summed E-state index contributed by atoms with van der Waals surface area (Å²) in [5, 5.41) is 11.0. The molecule has 1 aliphatic carbocycles. The fourth-order valence-electron chi connectivity index (χ4n) is 4.42. The Morgan fingerprint density at radius 3 is 1.94 bits per heavy atom. The standard InChI is InChI=1S/C25H17.C7H8O.2ClH.Ti/c1-2-9-19(10-3-1)24-17-21-12-6-7-13-23(21)25(24)22-15-14-18-8-4-5-11-20(18)16-22;8-6-7-4-2-1-3-5-7;;;/h1-15,17,25H;1-5,8H,6H2;2*1H;/q-1;;;;+3/p-2. The molecule has 1 radical (unpaired) electrons. The maximum atomic E-state index is 8.54. The Kier molecular flexibility index (Phi) is 11.7. The van der Waals surface area contributed by atoms with E-state index < -0.39 is 0 Å². The molecule has 0 saturated heterocycles. The van der Waals surface area contributed by atoms with Crippen molar-refractivity contribution in [3.63, 3.8) is 0 Å². The Morgan fingerprint density at radius 2 is 1.25 bits per heavy atom. The maximum Gasteiger partial charge on any atom is 3.00 e. The average Bonchev–Trinajstić information content (AvgIpc) is 3.29. The molecule has 0 saturated carbocycles. The number of benzene rings is 5. The van der Waals surface area contributed by atoms with Crippen LogP contribution < -0.4 is 24.8 Å². The Balaban J connectivity index is 0.000000360. The minimum atomic E-state index is 0. The summed E-state index contributed by atoms with van der Waals surface area (Å²) in [5.41, 5.74) is 7.52. The van der Waals surface area contributed by atoms with Crippen molar-refractivity contribution in [2.24, 2.45) is 0 Å². The van der Waals surface area contributed by atoms with Crippen LogP contribution in [0.25, 0.3) is 22.4 Å². The number of aliphatic hydroxyl groups is 1. The number of allylic oxidation sites excluding steroid dienone is 1. The van der Waals surface area contributed by atoms with E-state index in [-0.39, 0.29) is 59.1 Å². The number of rotatable bonds is 3. The van der Waals surface area contributed by atoms with Crippen molar-refractivity contribution in [3.8, 4) is 0 Å². The summed E-state index contributed by atoms with van der Waals surface area (Å²) in [5.74, 6) is 0.239. The molecule has 0 heterocycles. The third-order valence-corrected chi connectivity index (χ3v) is 6.05. The average molecular weight is 544 g/mol. The topological polar surface area (TPSA) is 20.2 Å². The molecule has 0 bridgehead atoms. The first-order valence-corrected chi connectivity index (χ1v) is 11.2. The Hall–Kier alpha value is -2.65. The van der Waals surface area contributed by atoms with Crippen LogP contribution in [0.5, 0.6) is 0 Å². The first kappa shape index (κ1) is 29.6. The molecule has 177 valence electrons. The number of hydrogen-bond acceptors (Lipinski definition) is 1. The van der Waals surface area contributed by atoms with E-state index in [0.717, 1.165) is 5.56 Å². The number of hydrogen-bond donors (Lipinski definition) is 1. The van der Waals surface area contributed by atoms with E-state index in [1.807, 2.05) is 30.3 Å². The van der Waals surface area contributed by atoms with E-state index in [1.165, 1.54) is 38.6 Å². The van der Waals surface area contributed by atoms with Gasteiger partial charge in [-0.2, -0.15) is 0 Å². The van der Waals surface area contributed by atoms with Gasteiger partial charge in [-0.15, -0.1) is 46.7 Å². The predicted molar refractivity (Wildman–Crippen MR) is 138 cm³/mol. The van der Waals surface area contributed by atoms with Crippen LogP contribution >= 0.6 is 0 Å². The van der Waals surface area contributed by atoms with E-state index >= 15 is 0 Å². The third kappa shape index (κ3) is 6.56. The molecule has 1 nitrogen and oxygen atoms in total. The van der Waals surface area contributed by atoms with Crippen molar-refractivity contribution in [2.75, 3.05) is 0 Å². The molecule has 0 spiro atoms. The number of aliphatic hydroxyl groups excluding tert-OH is 1. The molecule has 0 aromatic heterocycles. The van der Waals surface area contributed by atoms with Gasteiger partial charge in [-0.3, -0.25) is 0 Å². The van der Waals surface area contributed by atoms with Crippen molar-refractivity contribution >= 4 is 22.4 Å². The molecule has 0 fully saturated rings. The molecule has 6 rings (SSSR count).